The zero-order chi connectivity index (χ0) is 41.5. The van der Waals surface area contributed by atoms with E-state index in [-0.39, 0.29) is 52.9 Å². The summed E-state index contributed by atoms with van der Waals surface area (Å²) in [4.78, 5) is 59.5. The van der Waals surface area contributed by atoms with Crippen LogP contribution in [0.15, 0.2) is 63.1 Å². The highest BCUT2D eigenvalue weighted by molar-refractivity contribution is 7.89. The first-order valence-corrected chi connectivity index (χ1v) is 20.9. The van der Waals surface area contributed by atoms with Gasteiger partial charge in [0.1, 0.15) is 11.7 Å². The predicted octanol–water partition coefficient (Wildman–Crippen LogP) is 4.97. The average molecular weight is 821 g/mol. The molecule has 0 spiro atoms. The summed E-state index contributed by atoms with van der Waals surface area (Å²) >= 11 is 0. The number of piperidine rings is 1. The minimum Gasteiger partial charge on any atom is -0.388 e. The standard InChI is InChI=1S/C40H46F2N8O7S/c1-23-20-26(14-15-28(23)45-38-43-22-25-21-27(34(41)42)37(53)50(35(25)47-38)31-13-9-18-40(31,2)55)58(56,57)44-19-7-5-4-6-10-24-11-8-12-29-33(24)48(3)39(54)49(29)30-16-17-32(51)46-36(30)52/h8,11-12,14-15,20-22,30-31,34,44,55H,4-7,9-10,13,16-19H2,1-3H3,(H,43,45,47)(H,46,51,52)/t30?,31?,40-/m1/s1. The summed E-state index contributed by atoms with van der Waals surface area (Å²) in [5.74, 6) is -0.764. The topological polar surface area (TPSA) is 199 Å². The molecule has 4 N–H and O–H groups in total. The number of imidazole rings is 1. The number of amides is 2. The lowest BCUT2D eigenvalue weighted by Crippen LogP contribution is -2.44. The lowest BCUT2D eigenvalue weighted by Gasteiger charge is -2.28. The molecule has 5 aromatic rings. The number of anilines is 2. The third kappa shape index (κ3) is 7.92. The van der Waals surface area contributed by atoms with Crippen molar-refractivity contribution >= 4 is 55.5 Å². The number of fused-ring (bicyclic) bond motifs is 2. The number of sulfonamides is 1. The fourth-order valence-corrected chi connectivity index (χ4v) is 9.44. The number of hydrogen-bond acceptors (Lipinski definition) is 10. The van der Waals surface area contributed by atoms with E-state index in [1.807, 2.05) is 12.1 Å². The molecular weight excluding hydrogens is 775 g/mol. The Morgan fingerprint density at radius 3 is 2.52 bits per heavy atom. The van der Waals surface area contributed by atoms with Crippen LogP contribution < -0.4 is 26.6 Å². The molecule has 1 aliphatic heterocycles. The molecule has 2 aliphatic rings. The molecule has 2 aromatic carbocycles. The molecule has 15 nitrogen and oxygen atoms in total. The van der Waals surface area contributed by atoms with Crippen molar-refractivity contribution < 1.29 is 31.9 Å². The number of hydrogen-bond donors (Lipinski definition) is 4. The number of imide groups is 1. The molecular formula is C40H46F2N8O7S. The molecule has 3 atom stereocenters. The molecule has 3 aromatic heterocycles. The van der Waals surface area contributed by atoms with Crippen molar-refractivity contribution in [3.05, 3.63) is 86.2 Å². The van der Waals surface area contributed by atoms with Gasteiger partial charge in [-0.15, -0.1) is 0 Å². The molecule has 58 heavy (non-hydrogen) atoms. The first-order valence-electron chi connectivity index (χ1n) is 19.4. The summed E-state index contributed by atoms with van der Waals surface area (Å²) in [6, 6.07) is 9.71. The third-order valence-electron chi connectivity index (χ3n) is 11.4. The first kappa shape index (κ1) is 40.9. The molecule has 7 rings (SSSR count). The first-order chi connectivity index (χ1) is 27.6. The van der Waals surface area contributed by atoms with Crippen molar-refractivity contribution in [1.29, 1.82) is 0 Å². The van der Waals surface area contributed by atoms with Crippen molar-refractivity contribution in [3.8, 4) is 0 Å². The monoisotopic (exact) mass is 820 g/mol. The fraction of sp³-hybridized carbons (Fsp3) is 0.450. The lowest BCUT2D eigenvalue weighted by molar-refractivity contribution is -0.135. The number of aromatic nitrogens is 5. The average Bonchev–Trinajstić information content (AvgIpc) is 3.65. The lowest BCUT2D eigenvalue weighted by atomic mass is 9.99. The van der Waals surface area contributed by atoms with Crippen molar-refractivity contribution in [2.24, 2.45) is 7.05 Å². The molecule has 0 radical (unpaired) electrons. The number of rotatable bonds is 14. The number of benzene rings is 2. The van der Waals surface area contributed by atoms with Gasteiger partial charge in [0.05, 0.1) is 33.1 Å². The summed E-state index contributed by atoms with van der Waals surface area (Å²) in [7, 11) is -2.17. The Labute approximate surface area is 332 Å². The molecule has 308 valence electrons. The summed E-state index contributed by atoms with van der Waals surface area (Å²) in [5.41, 5.74) is 0.298. The zero-order valence-electron chi connectivity index (χ0n) is 32.4. The van der Waals surface area contributed by atoms with Crippen LogP contribution in [0, 0.1) is 6.92 Å². The van der Waals surface area contributed by atoms with Gasteiger partial charge in [-0.2, -0.15) is 4.98 Å². The molecule has 2 unspecified atom stereocenters. The van der Waals surface area contributed by atoms with Crippen LogP contribution in [0.3, 0.4) is 0 Å². The largest absolute Gasteiger partial charge is 0.388 e. The molecule has 1 saturated heterocycles. The predicted molar refractivity (Wildman–Crippen MR) is 213 cm³/mol. The molecule has 4 heterocycles. The number of unbranched alkanes of at least 4 members (excludes halogenated alkanes) is 3. The Kier molecular flexibility index (Phi) is 11.4. The zero-order valence-corrected chi connectivity index (χ0v) is 33.2. The molecule has 2 amide bonds. The molecule has 2 fully saturated rings. The normalized spacial score (nSPS) is 20.1. The van der Waals surface area contributed by atoms with E-state index in [9.17, 15) is 41.5 Å². The van der Waals surface area contributed by atoms with E-state index in [1.54, 1.807) is 37.6 Å². The van der Waals surface area contributed by atoms with Gasteiger partial charge >= 0.3 is 5.69 Å². The Morgan fingerprint density at radius 2 is 1.81 bits per heavy atom. The number of halogens is 2. The van der Waals surface area contributed by atoms with Crippen molar-refractivity contribution in [3.63, 3.8) is 0 Å². The van der Waals surface area contributed by atoms with Gasteiger partial charge in [0.2, 0.25) is 27.8 Å². The Bertz CT molecular complexity index is 2660. The molecule has 0 bridgehead atoms. The van der Waals surface area contributed by atoms with Crippen LogP contribution >= 0.6 is 0 Å². The summed E-state index contributed by atoms with van der Waals surface area (Å²) in [6.45, 7) is 3.52. The van der Waals surface area contributed by atoms with E-state index in [0.29, 0.717) is 48.9 Å². The van der Waals surface area contributed by atoms with Crippen LogP contribution in [-0.2, 0) is 33.1 Å². The van der Waals surface area contributed by atoms with Crippen LogP contribution in [0.2, 0.25) is 0 Å². The second-order valence-corrected chi connectivity index (χ2v) is 17.2. The number of aliphatic hydroxyl groups is 1. The Morgan fingerprint density at radius 1 is 1.03 bits per heavy atom. The maximum atomic E-state index is 13.8. The number of carbonyl (C=O) groups is 2. The number of nitrogens with one attached hydrogen (secondary N) is 3. The minimum absolute atomic E-state index is 0.0614. The smallest absolute Gasteiger partial charge is 0.329 e. The van der Waals surface area contributed by atoms with Crippen LogP contribution in [0.1, 0.15) is 99.9 Å². The fourth-order valence-electron chi connectivity index (χ4n) is 8.28. The van der Waals surface area contributed by atoms with Crippen LogP contribution in [-0.4, -0.2) is 61.2 Å². The van der Waals surface area contributed by atoms with Gasteiger partial charge in [-0.3, -0.25) is 33.4 Å². The van der Waals surface area contributed by atoms with Gasteiger partial charge in [0, 0.05) is 37.3 Å². The number of alkyl halides is 2. The van der Waals surface area contributed by atoms with E-state index in [2.05, 4.69) is 25.3 Å². The number of pyridine rings is 1. The molecule has 1 saturated carbocycles. The maximum Gasteiger partial charge on any atom is 0.329 e. The van der Waals surface area contributed by atoms with Gasteiger partial charge in [0.15, 0.2) is 0 Å². The quantitative estimate of drug-likeness (QED) is 0.0877. The summed E-state index contributed by atoms with van der Waals surface area (Å²) in [5, 5.41) is 16.6. The van der Waals surface area contributed by atoms with Crippen LogP contribution in [0.25, 0.3) is 22.1 Å². The van der Waals surface area contributed by atoms with Crippen molar-refractivity contribution in [1.82, 2.24) is 33.7 Å². The van der Waals surface area contributed by atoms with E-state index in [1.165, 1.54) is 22.9 Å². The van der Waals surface area contributed by atoms with Gasteiger partial charge in [-0.05, 0) is 100 Å². The van der Waals surface area contributed by atoms with Crippen LogP contribution in [0.4, 0.5) is 20.4 Å². The van der Waals surface area contributed by atoms with E-state index >= 15 is 0 Å². The second kappa shape index (κ2) is 16.1. The highest BCUT2D eigenvalue weighted by atomic mass is 32.2. The summed E-state index contributed by atoms with van der Waals surface area (Å²) < 4.78 is 60.9. The third-order valence-corrected chi connectivity index (χ3v) is 12.8. The van der Waals surface area contributed by atoms with Crippen molar-refractivity contribution in [2.45, 2.75) is 107 Å². The number of para-hydroxylation sites is 1. The van der Waals surface area contributed by atoms with E-state index in [4.69, 9.17) is 0 Å². The van der Waals surface area contributed by atoms with Gasteiger partial charge < -0.3 is 10.4 Å². The highest BCUT2D eigenvalue weighted by Gasteiger charge is 2.40. The Hall–Kier alpha value is -5.33. The highest BCUT2D eigenvalue weighted by Crippen LogP contribution is 2.40. The van der Waals surface area contributed by atoms with E-state index in [0.717, 1.165) is 41.0 Å². The van der Waals surface area contributed by atoms with Gasteiger partial charge in [-0.25, -0.2) is 31.7 Å². The van der Waals surface area contributed by atoms with Gasteiger partial charge in [-0.1, -0.05) is 25.0 Å². The SMILES string of the molecule is Cc1cc(S(=O)(=O)NCCCCCCc2cccc3c2n(C)c(=O)n3C2CCC(=O)NC2=O)ccc1Nc1ncc2cc(C(F)F)c(=O)n(C3CCC[C@@]3(C)O)c2n1. The number of carbonyl (C=O) groups excluding carboxylic acids is 2. The van der Waals surface area contributed by atoms with Crippen molar-refractivity contribution in [2.75, 3.05) is 11.9 Å². The molecule has 18 heteroatoms. The number of nitrogens with zero attached hydrogens (tertiary/aromatic N) is 5. The van der Waals surface area contributed by atoms with Crippen LogP contribution in [0.5, 0.6) is 0 Å². The van der Waals surface area contributed by atoms with E-state index < -0.39 is 51.2 Å². The second-order valence-electron chi connectivity index (χ2n) is 15.4. The van der Waals surface area contributed by atoms with Gasteiger partial charge in [0.25, 0.3) is 12.0 Å². The Balaban J connectivity index is 0.953. The molecule has 1 aliphatic carbocycles. The maximum absolute atomic E-state index is 13.8. The minimum atomic E-state index is -3.84. The number of aryl methyl sites for hydroxylation is 3. The summed E-state index contributed by atoms with van der Waals surface area (Å²) in [6.07, 6.45) is 3.84.